The molecule has 7 nitrogen and oxygen atoms in total. The maximum Gasteiger partial charge on any atom is 0.423 e. The van der Waals surface area contributed by atoms with Crippen LogP contribution in [0.15, 0.2) is 53.6 Å². The molecule has 0 atom stereocenters. The maximum absolute atomic E-state index is 13.1. The Bertz CT molecular complexity index is 1240. The maximum atomic E-state index is 13.1. The molecule has 0 aliphatic carbocycles. The molecule has 0 spiro atoms. The number of nitrogens with zero attached hydrogens (tertiary/aromatic N) is 4. The van der Waals surface area contributed by atoms with Gasteiger partial charge in [0.1, 0.15) is 11.2 Å². The van der Waals surface area contributed by atoms with Crippen molar-refractivity contribution in [2.75, 3.05) is 0 Å². The van der Waals surface area contributed by atoms with Gasteiger partial charge >= 0.3 is 11.8 Å². The molecule has 27 heavy (non-hydrogen) atoms. The second kappa shape index (κ2) is 5.84. The van der Waals surface area contributed by atoms with Crippen molar-refractivity contribution < 1.29 is 9.53 Å². The van der Waals surface area contributed by atoms with Gasteiger partial charge in [-0.25, -0.2) is 14.6 Å². The van der Waals surface area contributed by atoms with Gasteiger partial charge < -0.3 is 9.30 Å². The molecule has 4 rings (SSSR count). The Morgan fingerprint density at radius 1 is 1.11 bits per heavy atom. The second-order valence-electron chi connectivity index (χ2n) is 7.46. The Morgan fingerprint density at radius 2 is 1.81 bits per heavy atom. The van der Waals surface area contributed by atoms with Crippen molar-refractivity contribution >= 4 is 28.2 Å². The molecule has 138 valence electrons. The molecule has 0 bridgehead atoms. The minimum Gasteiger partial charge on any atom is -0.443 e. The number of benzene rings is 1. The summed E-state index contributed by atoms with van der Waals surface area (Å²) < 4.78 is 9.89. The van der Waals surface area contributed by atoms with Gasteiger partial charge in [0.05, 0.1) is 22.9 Å². The van der Waals surface area contributed by atoms with E-state index in [1.54, 1.807) is 45.2 Å². The fourth-order valence-corrected chi connectivity index (χ4v) is 3.15. The summed E-state index contributed by atoms with van der Waals surface area (Å²) in [6, 6.07) is 11.0. The van der Waals surface area contributed by atoms with E-state index < -0.39 is 17.4 Å². The van der Waals surface area contributed by atoms with Gasteiger partial charge in [0.25, 0.3) is 0 Å². The first-order valence-corrected chi connectivity index (χ1v) is 8.63. The summed E-state index contributed by atoms with van der Waals surface area (Å²) >= 11 is 0. The van der Waals surface area contributed by atoms with Gasteiger partial charge in [0.2, 0.25) is 0 Å². The molecule has 0 unspecified atom stereocenters. The largest absolute Gasteiger partial charge is 0.443 e. The molecule has 0 amide bonds. The fraction of sp³-hybridized carbons (Fsp3) is 0.250. The lowest BCUT2D eigenvalue weighted by Gasteiger charge is -2.19. The molecule has 3 aromatic heterocycles. The molecule has 0 saturated heterocycles. The van der Waals surface area contributed by atoms with E-state index in [2.05, 4.69) is 4.98 Å². The lowest BCUT2D eigenvalue weighted by molar-refractivity contribution is 0.0538. The van der Waals surface area contributed by atoms with Crippen LogP contribution in [-0.4, -0.2) is 30.4 Å². The molecule has 0 aliphatic rings. The number of rotatable bonds is 1. The summed E-state index contributed by atoms with van der Waals surface area (Å²) in [7, 11) is 1.91. The van der Waals surface area contributed by atoms with Crippen LogP contribution < -0.4 is 5.69 Å². The summed E-state index contributed by atoms with van der Waals surface area (Å²) in [6.45, 7) is 5.30. The Hall–Kier alpha value is -3.35. The van der Waals surface area contributed by atoms with Crippen molar-refractivity contribution in [3.63, 3.8) is 0 Å². The van der Waals surface area contributed by atoms with Crippen LogP contribution in [0.1, 0.15) is 20.8 Å². The van der Waals surface area contributed by atoms with Gasteiger partial charge in [0, 0.05) is 18.6 Å². The van der Waals surface area contributed by atoms with Crippen LogP contribution >= 0.6 is 0 Å². The normalized spacial score (nSPS) is 12.0. The summed E-state index contributed by atoms with van der Waals surface area (Å²) in [6.07, 6.45) is 2.85. The smallest absolute Gasteiger partial charge is 0.423 e. The van der Waals surface area contributed by atoms with Crippen molar-refractivity contribution in [3.05, 3.63) is 59.3 Å². The van der Waals surface area contributed by atoms with Crippen LogP contribution in [0.5, 0.6) is 0 Å². The highest BCUT2D eigenvalue weighted by Gasteiger charge is 2.24. The Balaban J connectivity index is 1.97. The number of fused-ring (bicyclic) bond motifs is 2. The van der Waals surface area contributed by atoms with E-state index >= 15 is 0 Å². The quantitative estimate of drug-likeness (QED) is 0.519. The van der Waals surface area contributed by atoms with Gasteiger partial charge in [-0.2, -0.15) is 4.57 Å². The van der Waals surface area contributed by atoms with Crippen molar-refractivity contribution in [1.82, 2.24) is 18.7 Å². The van der Waals surface area contributed by atoms with E-state index in [0.717, 1.165) is 15.6 Å². The highest BCUT2D eigenvalue weighted by Crippen LogP contribution is 2.21. The van der Waals surface area contributed by atoms with Crippen molar-refractivity contribution in [1.29, 1.82) is 0 Å². The number of pyridine rings is 1. The van der Waals surface area contributed by atoms with Crippen molar-refractivity contribution in [2.24, 2.45) is 7.05 Å². The van der Waals surface area contributed by atoms with E-state index in [4.69, 9.17) is 4.74 Å². The minimum absolute atomic E-state index is 0.484. The lowest BCUT2D eigenvalue weighted by atomic mass is 10.2. The van der Waals surface area contributed by atoms with Gasteiger partial charge in [-0.15, -0.1) is 0 Å². The second-order valence-corrected chi connectivity index (χ2v) is 7.46. The molecule has 0 radical (unpaired) electrons. The number of para-hydroxylation sites is 2. The van der Waals surface area contributed by atoms with Crippen LogP contribution in [0, 0.1) is 0 Å². The van der Waals surface area contributed by atoms with Gasteiger partial charge in [-0.1, -0.05) is 12.1 Å². The summed E-state index contributed by atoms with van der Waals surface area (Å²) in [5.41, 5.74) is 1.34. The Labute approximate surface area is 155 Å². The first kappa shape index (κ1) is 17.1. The van der Waals surface area contributed by atoms with Gasteiger partial charge in [-0.3, -0.25) is 4.57 Å². The monoisotopic (exact) mass is 364 g/mol. The third-order valence-electron chi connectivity index (χ3n) is 4.27. The van der Waals surface area contributed by atoms with E-state index in [9.17, 15) is 9.59 Å². The number of aryl methyl sites for hydroxylation is 1. The van der Waals surface area contributed by atoms with Gasteiger partial charge in [-0.05, 0) is 45.0 Å². The zero-order valence-electron chi connectivity index (χ0n) is 15.6. The topological polar surface area (TPSA) is 71.0 Å². The first-order valence-electron chi connectivity index (χ1n) is 8.63. The minimum atomic E-state index is -0.704. The number of carbonyl (C=O) groups is 1. The van der Waals surface area contributed by atoms with Crippen molar-refractivity contribution in [2.45, 2.75) is 26.4 Å². The summed E-state index contributed by atoms with van der Waals surface area (Å²) in [5.74, 6) is 0. The lowest BCUT2D eigenvalue weighted by Crippen LogP contribution is -2.34. The average molecular weight is 364 g/mol. The molecular weight excluding hydrogens is 344 g/mol. The van der Waals surface area contributed by atoms with Crippen LogP contribution in [0.25, 0.3) is 27.8 Å². The first-order chi connectivity index (χ1) is 12.8. The SMILES string of the molecule is Cn1ccc2cc(-n3c(=O)n(C(=O)OC(C)(C)C)c4ccccc43)cnc21. The van der Waals surface area contributed by atoms with E-state index in [1.165, 1.54) is 4.57 Å². The third kappa shape index (κ3) is 2.81. The molecule has 7 heteroatoms. The van der Waals surface area contributed by atoms with Crippen LogP contribution in [0.4, 0.5) is 4.79 Å². The number of imidazole rings is 1. The van der Waals surface area contributed by atoms with E-state index in [0.29, 0.717) is 16.7 Å². The number of ether oxygens (including phenoxy) is 1. The number of aromatic nitrogens is 4. The highest BCUT2D eigenvalue weighted by atomic mass is 16.6. The fourth-order valence-electron chi connectivity index (χ4n) is 3.15. The predicted molar refractivity (Wildman–Crippen MR) is 103 cm³/mol. The average Bonchev–Trinajstić information content (AvgIpc) is 3.10. The standard InChI is InChI=1S/C20H20N4O3/c1-20(2,3)27-19(26)24-16-8-6-5-7-15(16)23(18(24)25)14-11-13-9-10-22(4)17(13)21-12-14/h5-12H,1-4H3. The summed E-state index contributed by atoms with van der Waals surface area (Å²) in [5, 5.41) is 0.913. The molecular formula is C20H20N4O3. The molecule has 1 aromatic carbocycles. The molecule has 0 aliphatic heterocycles. The number of hydrogen-bond donors (Lipinski definition) is 0. The number of carbonyl (C=O) groups excluding carboxylic acids is 1. The van der Waals surface area contributed by atoms with Crippen molar-refractivity contribution in [3.8, 4) is 5.69 Å². The third-order valence-corrected chi connectivity index (χ3v) is 4.27. The Morgan fingerprint density at radius 3 is 2.52 bits per heavy atom. The molecule has 4 aromatic rings. The van der Waals surface area contributed by atoms with Crippen LogP contribution in [0.3, 0.4) is 0 Å². The highest BCUT2D eigenvalue weighted by molar-refractivity contribution is 5.88. The van der Waals surface area contributed by atoms with E-state index in [-0.39, 0.29) is 0 Å². The molecule has 3 heterocycles. The molecule has 0 saturated carbocycles. The molecule has 0 N–H and O–H groups in total. The summed E-state index contributed by atoms with van der Waals surface area (Å²) in [4.78, 5) is 30.3. The van der Waals surface area contributed by atoms with Crippen LogP contribution in [-0.2, 0) is 11.8 Å². The molecule has 0 fully saturated rings. The zero-order valence-corrected chi connectivity index (χ0v) is 15.6. The number of hydrogen-bond acceptors (Lipinski definition) is 4. The van der Waals surface area contributed by atoms with E-state index in [1.807, 2.05) is 36.0 Å². The zero-order chi connectivity index (χ0) is 19.3. The predicted octanol–water partition coefficient (Wildman–Crippen LogP) is 3.46. The van der Waals surface area contributed by atoms with Crippen LogP contribution in [0.2, 0.25) is 0 Å². The Kier molecular flexibility index (Phi) is 3.69. The van der Waals surface area contributed by atoms with Gasteiger partial charge in [0.15, 0.2) is 0 Å².